The van der Waals surface area contributed by atoms with E-state index in [1.54, 1.807) is 19.2 Å². The second-order valence-electron chi connectivity index (χ2n) is 5.04. The molecule has 4 heteroatoms. The zero-order valence-electron chi connectivity index (χ0n) is 10.6. The highest BCUT2D eigenvalue weighted by atomic mass is 79.9. The van der Waals surface area contributed by atoms with Gasteiger partial charge < -0.3 is 10.5 Å². The molecule has 0 spiro atoms. The molecule has 18 heavy (non-hydrogen) atoms. The van der Waals surface area contributed by atoms with Crippen molar-refractivity contribution in [1.29, 1.82) is 0 Å². The van der Waals surface area contributed by atoms with E-state index in [2.05, 4.69) is 15.9 Å². The Bertz CT molecular complexity index is 418. The predicted octanol–water partition coefficient (Wildman–Crippen LogP) is 3.42. The minimum Gasteiger partial charge on any atom is -0.377 e. The van der Waals surface area contributed by atoms with Crippen LogP contribution in [0.15, 0.2) is 22.7 Å². The van der Waals surface area contributed by atoms with Crippen LogP contribution in [0.1, 0.15) is 31.2 Å². The molecule has 2 nitrogen and oxygen atoms in total. The maximum absolute atomic E-state index is 13.2. The van der Waals surface area contributed by atoms with Crippen LogP contribution >= 0.6 is 15.9 Å². The van der Waals surface area contributed by atoms with E-state index in [0.29, 0.717) is 10.9 Å². The van der Waals surface area contributed by atoms with Crippen LogP contribution in [-0.4, -0.2) is 18.8 Å². The molecule has 1 aromatic rings. The first kappa shape index (κ1) is 14.0. The lowest BCUT2D eigenvalue weighted by Gasteiger charge is -2.34. The zero-order valence-corrected chi connectivity index (χ0v) is 12.2. The highest BCUT2D eigenvalue weighted by Crippen LogP contribution is 2.36. The van der Waals surface area contributed by atoms with Gasteiger partial charge in [0.05, 0.1) is 10.1 Å². The first-order valence-electron chi connectivity index (χ1n) is 6.32. The van der Waals surface area contributed by atoms with Crippen molar-refractivity contribution in [2.45, 2.75) is 43.7 Å². The normalized spacial score (nSPS) is 20.0. The molecular formula is C14H19BrFNO. The van der Waals surface area contributed by atoms with E-state index in [-0.39, 0.29) is 17.5 Å². The molecule has 1 atom stereocenters. The highest BCUT2D eigenvalue weighted by Gasteiger charge is 2.39. The fourth-order valence-corrected chi connectivity index (χ4v) is 3.23. The van der Waals surface area contributed by atoms with Crippen LogP contribution in [0, 0.1) is 5.82 Å². The van der Waals surface area contributed by atoms with Crippen molar-refractivity contribution in [3.63, 3.8) is 0 Å². The van der Waals surface area contributed by atoms with Gasteiger partial charge in [0.2, 0.25) is 0 Å². The molecule has 0 aliphatic heterocycles. The van der Waals surface area contributed by atoms with Gasteiger partial charge in [0.1, 0.15) is 5.82 Å². The Morgan fingerprint density at radius 3 is 2.67 bits per heavy atom. The molecule has 0 amide bonds. The molecule has 1 saturated carbocycles. The Labute approximate surface area is 116 Å². The van der Waals surface area contributed by atoms with E-state index in [9.17, 15) is 4.39 Å². The average molecular weight is 316 g/mol. The first-order valence-corrected chi connectivity index (χ1v) is 7.11. The number of hydrogen-bond acceptors (Lipinski definition) is 2. The summed E-state index contributed by atoms with van der Waals surface area (Å²) in [6.45, 7) is 0. The topological polar surface area (TPSA) is 35.2 Å². The van der Waals surface area contributed by atoms with Crippen LogP contribution in [0.5, 0.6) is 0 Å². The fourth-order valence-electron chi connectivity index (χ4n) is 2.81. The first-order chi connectivity index (χ1) is 8.57. The summed E-state index contributed by atoms with van der Waals surface area (Å²) in [6, 6.07) is 5.02. The van der Waals surface area contributed by atoms with Crippen molar-refractivity contribution in [2.24, 2.45) is 5.73 Å². The number of nitrogens with two attached hydrogens (primary N) is 1. The van der Waals surface area contributed by atoms with Crippen LogP contribution in [0.2, 0.25) is 0 Å². The Balaban J connectivity index is 2.10. The zero-order chi connectivity index (χ0) is 13.2. The third-order valence-corrected chi connectivity index (χ3v) is 4.58. The fraction of sp³-hybridized carbons (Fsp3) is 0.571. The van der Waals surface area contributed by atoms with Gasteiger partial charge in [-0.05, 0) is 52.9 Å². The smallest absolute Gasteiger partial charge is 0.137 e. The predicted molar refractivity (Wildman–Crippen MR) is 74.0 cm³/mol. The number of benzene rings is 1. The molecule has 0 heterocycles. The summed E-state index contributed by atoms with van der Waals surface area (Å²) in [7, 11) is 1.74. The molecule has 1 aromatic carbocycles. The summed E-state index contributed by atoms with van der Waals surface area (Å²) in [5, 5.41) is 0. The number of rotatable bonds is 4. The average Bonchev–Trinajstić information content (AvgIpc) is 2.84. The molecule has 100 valence electrons. The van der Waals surface area contributed by atoms with Crippen molar-refractivity contribution in [3.8, 4) is 0 Å². The van der Waals surface area contributed by atoms with Gasteiger partial charge in [-0.3, -0.25) is 0 Å². The number of hydrogen-bond donors (Lipinski definition) is 1. The van der Waals surface area contributed by atoms with Crippen molar-refractivity contribution in [1.82, 2.24) is 0 Å². The molecule has 0 bridgehead atoms. The highest BCUT2D eigenvalue weighted by molar-refractivity contribution is 9.10. The molecule has 0 saturated heterocycles. The van der Waals surface area contributed by atoms with Gasteiger partial charge in [0.25, 0.3) is 0 Å². The lowest BCUT2D eigenvalue weighted by atomic mass is 9.88. The second kappa shape index (κ2) is 5.68. The van der Waals surface area contributed by atoms with E-state index >= 15 is 0 Å². The van der Waals surface area contributed by atoms with E-state index in [1.165, 1.54) is 18.9 Å². The maximum atomic E-state index is 13.2. The van der Waals surface area contributed by atoms with Crippen molar-refractivity contribution >= 4 is 15.9 Å². The maximum Gasteiger partial charge on any atom is 0.137 e. The molecule has 2 rings (SSSR count). The largest absolute Gasteiger partial charge is 0.377 e. The second-order valence-corrected chi connectivity index (χ2v) is 5.89. The van der Waals surface area contributed by atoms with Crippen LogP contribution in [0.3, 0.4) is 0 Å². The Morgan fingerprint density at radius 1 is 1.44 bits per heavy atom. The standard InChI is InChI=1S/C14H19BrFNO/c1-18-14(6-2-3-7-14)13(17)9-10-4-5-12(16)11(15)8-10/h4-5,8,13H,2-3,6-7,9,17H2,1H3. The van der Waals surface area contributed by atoms with Gasteiger partial charge >= 0.3 is 0 Å². The van der Waals surface area contributed by atoms with Gasteiger partial charge in [-0.2, -0.15) is 0 Å². The summed E-state index contributed by atoms with van der Waals surface area (Å²) in [5.74, 6) is -0.241. The summed E-state index contributed by atoms with van der Waals surface area (Å²) >= 11 is 3.20. The van der Waals surface area contributed by atoms with Gasteiger partial charge in [-0.25, -0.2) is 4.39 Å². The summed E-state index contributed by atoms with van der Waals surface area (Å²) < 4.78 is 19.3. The molecule has 1 aliphatic rings. The van der Waals surface area contributed by atoms with Gasteiger partial charge in [-0.15, -0.1) is 0 Å². The summed E-state index contributed by atoms with van der Waals surface area (Å²) in [5.41, 5.74) is 7.16. The van der Waals surface area contributed by atoms with Crippen LogP contribution < -0.4 is 5.73 Å². The Kier molecular flexibility index (Phi) is 4.41. The number of ether oxygens (including phenoxy) is 1. The van der Waals surface area contributed by atoms with Crippen molar-refractivity contribution < 1.29 is 9.13 Å². The molecule has 1 fully saturated rings. The minimum atomic E-state index is -0.241. The monoisotopic (exact) mass is 315 g/mol. The molecule has 1 unspecified atom stereocenters. The van der Waals surface area contributed by atoms with E-state index < -0.39 is 0 Å². The number of halogens is 2. The van der Waals surface area contributed by atoms with Crippen LogP contribution in [0.25, 0.3) is 0 Å². The van der Waals surface area contributed by atoms with Gasteiger partial charge in [-0.1, -0.05) is 18.9 Å². The van der Waals surface area contributed by atoms with Crippen molar-refractivity contribution in [2.75, 3.05) is 7.11 Å². The van der Waals surface area contributed by atoms with Crippen LogP contribution in [0.4, 0.5) is 4.39 Å². The molecule has 0 aromatic heterocycles. The minimum absolute atomic E-state index is 0.0395. The van der Waals surface area contributed by atoms with Gasteiger partial charge in [0, 0.05) is 13.2 Å². The van der Waals surface area contributed by atoms with Crippen LogP contribution in [-0.2, 0) is 11.2 Å². The SMILES string of the molecule is COC1(C(N)Cc2ccc(F)c(Br)c2)CCCC1. The Morgan fingerprint density at radius 2 is 2.11 bits per heavy atom. The van der Waals surface area contributed by atoms with Gasteiger partial charge in [0.15, 0.2) is 0 Å². The van der Waals surface area contributed by atoms with E-state index in [1.807, 2.05) is 0 Å². The quantitative estimate of drug-likeness (QED) is 0.924. The lowest BCUT2D eigenvalue weighted by molar-refractivity contribution is -0.0253. The lowest BCUT2D eigenvalue weighted by Crippen LogP contribution is -2.48. The van der Waals surface area contributed by atoms with E-state index in [4.69, 9.17) is 10.5 Å². The summed E-state index contributed by atoms with van der Waals surface area (Å²) in [4.78, 5) is 0. The molecule has 2 N–H and O–H groups in total. The summed E-state index contributed by atoms with van der Waals surface area (Å²) in [6.07, 6.45) is 5.11. The molecular weight excluding hydrogens is 297 g/mol. The third kappa shape index (κ3) is 2.76. The molecule has 0 radical (unpaired) electrons. The Hall–Kier alpha value is -0.450. The number of methoxy groups -OCH3 is 1. The van der Waals surface area contributed by atoms with E-state index in [0.717, 1.165) is 18.4 Å². The van der Waals surface area contributed by atoms with Crippen molar-refractivity contribution in [3.05, 3.63) is 34.1 Å². The third-order valence-electron chi connectivity index (χ3n) is 3.97. The molecule has 1 aliphatic carbocycles.